The summed E-state index contributed by atoms with van der Waals surface area (Å²) < 4.78 is 46.4. The van der Waals surface area contributed by atoms with Gasteiger partial charge in [-0.2, -0.15) is 0 Å². The van der Waals surface area contributed by atoms with Gasteiger partial charge in [-0.05, 0) is 28.7 Å². The van der Waals surface area contributed by atoms with Crippen molar-refractivity contribution >= 4 is 42.3 Å². The average molecular weight is 370 g/mol. The fourth-order valence-corrected chi connectivity index (χ4v) is 2.46. The van der Waals surface area contributed by atoms with Crippen LogP contribution in [0.15, 0.2) is 11.1 Å². The summed E-state index contributed by atoms with van der Waals surface area (Å²) >= 11 is 1.54. The zero-order chi connectivity index (χ0) is 11.8. The van der Waals surface area contributed by atoms with Gasteiger partial charge in [0.05, 0.1) is 5.56 Å². The summed E-state index contributed by atoms with van der Waals surface area (Å²) in [4.78, 5) is 3.37. The second-order valence-corrected chi connectivity index (χ2v) is 6.01. The van der Waals surface area contributed by atoms with Crippen molar-refractivity contribution in [3.8, 4) is 5.75 Å². The van der Waals surface area contributed by atoms with E-state index in [9.17, 15) is 22.3 Å². The number of aromatic hydroxyl groups is 1. The number of aromatic nitrogens is 1. The first kappa shape index (κ1) is 12.8. The predicted molar refractivity (Wildman–Crippen MR) is 56.6 cm³/mol. The van der Waals surface area contributed by atoms with E-state index < -0.39 is 31.8 Å². The van der Waals surface area contributed by atoms with Crippen LogP contribution in [-0.4, -0.2) is 18.5 Å². The largest absolute Gasteiger partial charge is 0.505 e. The molecule has 0 saturated carbocycles. The van der Waals surface area contributed by atoms with Gasteiger partial charge in [-0.25, -0.2) is 22.2 Å². The van der Waals surface area contributed by atoms with Gasteiger partial charge in [-0.3, -0.25) is 0 Å². The van der Waals surface area contributed by atoms with Crippen molar-refractivity contribution in [1.29, 1.82) is 0 Å². The Hall–Kier alpha value is -0.220. The van der Waals surface area contributed by atoms with Crippen molar-refractivity contribution in [3.63, 3.8) is 0 Å². The third-order valence-corrected chi connectivity index (χ3v) is 3.16. The number of pyridine rings is 1. The summed E-state index contributed by atoms with van der Waals surface area (Å²) in [5.74, 6) is -1.11. The first-order valence-electron chi connectivity index (χ1n) is 3.35. The quantitative estimate of drug-likeness (QED) is 0.493. The van der Waals surface area contributed by atoms with E-state index >= 15 is 0 Å². The monoisotopic (exact) mass is 369 g/mol. The van der Waals surface area contributed by atoms with Crippen LogP contribution in [0.4, 0.5) is 8.78 Å². The van der Waals surface area contributed by atoms with Crippen molar-refractivity contribution < 1.29 is 22.3 Å². The molecule has 0 aliphatic heterocycles. The molecule has 15 heavy (non-hydrogen) atoms. The molecule has 0 bridgehead atoms. The molecule has 0 spiro atoms. The van der Waals surface area contributed by atoms with Crippen LogP contribution in [0.1, 0.15) is 12.0 Å². The highest BCUT2D eigenvalue weighted by Crippen LogP contribution is 2.34. The summed E-state index contributed by atoms with van der Waals surface area (Å²) in [6, 6.07) is 0.881. The molecule has 0 radical (unpaired) electrons. The molecule has 0 aliphatic rings. The summed E-state index contributed by atoms with van der Waals surface area (Å²) in [6.45, 7) is 0. The molecule has 0 atom stereocenters. The molecule has 0 amide bonds. The van der Waals surface area contributed by atoms with E-state index in [1.807, 2.05) is 0 Å². The third kappa shape index (κ3) is 2.88. The maximum absolute atomic E-state index is 12.3. The Morgan fingerprint density at radius 2 is 2.07 bits per heavy atom. The lowest BCUT2D eigenvalue weighted by molar-refractivity contribution is 0.146. The van der Waals surface area contributed by atoms with Gasteiger partial charge in [0.25, 0.3) is 15.5 Å². The van der Waals surface area contributed by atoms with Gasteiger partial charge in [0.1, 0.15) is 3.70 Å². The van der Waals surface area contributed by atoms with Gasteiger partial charge >= 0.3 is 0 Å². The molecule has 0 saturated heterocycles. The van der Waals surface area contributed by atoms with Crippen molar-refractivity contribution in [2.45, 2.75) is 11.5 Å². The van der Waals surface area contributed by atoms with Crippen LogP contribution in [0.5, 0.6) is 5.75 Å². The van der Waals surface area contributed by atoms with E-state index in [1.54, 1.807) is 22.6 Å². The minimum atomic E-state index is -4.34. The Kier molecular flexibility index (Phi) is 3.71. The van der Waals surface area contributed by atoms with Crippen LogP contribution in [-0.2, 0) is 9.05 Å². The van der Waals surface area contributed by atoms with Gasteiger partial charge in [0.2, 0.25) is 5.03 Å². The summed E-state index contributed by atoms with van der Waals surface area (Å²) in [6.07, 6.45) is -3.00. The fourth-order valence-electron chi connectivity index (χ4n) is 0.839. The predicted octanol–water partition coefficient (Wildman–Crippen LogP) is 2.26. The molecule has 0 unspecified atom stereocenters. The van der Waals surface area contributed by atoms with E-state index in [1.165, 1.54) is 0 Å². The standard InChI is InChI=1S/C6H3ClF2INO3S/c7-15(13,14)6-4(12)2(5(8)9)1-3(10)11-6/h1,5,12H. The molecule has 4 nitrogen and oxygen atoms in total. The average Bonchev–Trinajstić information content (AvgIpc) is 2.06. The van der Waals surface area contributed by atoms with Crippen molar-refractivity contribution in [2.75, 3.05) is 0 Å². The molecule has 1 aromatic rings. The lowest BCUT2D eigenvalue weighted by Crippen LogP contribution is -2.01. The molecular weight excluding hydrogens is 366 g/mol. The minimum absolute atomic E-state index is 0.0000694. The van der Waals surface area contributed by atoms with Crippen LogP contribution in [0.3, 0.4) is 0 Å². The highest BCUT2D eigenvalue weighted by Gasteiger charge is 2.25. The van der Waals surface area contributed by atoms with E-state index in [0.29, 0.717) is 0 Å². The Morgan fingerprint density at radius 1 is 1.53 bits per heavy atom. The van der Waals surface area contributed by atoms with Crippen LogP contribution in [0.2, 0.25) is 0 Å². The first-order valence-corrected chi connectivity index (χ1v) is 6.74. The summed E-state index contributed by atoms with van der Waals surface area (Å²) in [5.41, 5.74) is -0.811. The Bertz CT molecular complexity index is 493. The van der Waals surface area contributed by atoms with E-state index in [0.717, 1.165) is 6.07 Å². The molecule has 0 aromatic carbocycles. The Labute approximate surface area is 102 Å². The number of nitrogens with zero attached hydrogens (tertiary/aromatic N) is 1. The van der Waals surface area contributed by atoms with E-state index in [-0.39, 0.29) is 3.70 Å². The van der Waals surface area contributed by atoms with Gasteiger partial charge in [0, 0.05) is 10.7 Å². The van der Waals surface area contributed by atoms with Crippen LogP contribution in [0.25, 0.3) is 0 Å². The van der Waals surface area contributed by atoms with Gasteiger partial charge < -0.3 is 5.11 Å². The number of alkyl halides is 2. The molecule has 1 N–H and O–H groups in total. The van der Waals surface area contributed by atoms with Crippen molar-refractivity contribution in [1.82, 2.24) is 4.98 Å². The molecule has 9 heteroatoms. The smallest absolute Gasteiger partial charge is 0.282 e. The molecule has 0 aliphatic carbocycles. The maximum atomic E-state index is 12.3. The van der Waals surface area contributed by atoms with Gasteiger partial charge in [-0.15, -0.1) is 0 Å². The van der Waals surface area contributed by atoms with Crippen LogP contribution >= 0.6 is 33.3 Å². The number of hydrogen-bond donors (Lipinski definition) is 1. The number of rotatable bonds is 2. The van der Waals surface area contributed by atoms with Crippen molar-refractivity contribution in [2.24, 2.45) is 0 Å². The third-order valence-electron chi connectivity index (χ3n) is 1.43. The molecule has 1 heterocycles. The zero-order valence-corrected chi connectivity index (χ0v) is 10.5. The number of hydrogen-bond acceptors (Lipinski definition) is 4. The molecule has 84 valence electrons. The minimum Gasteiger partial charge on any atom is -0.505 e. The number of halogens is 4. The van der Waals surface area contributed by atoms with Gasteiger partial charge in [0.15, 0.2) is 5.75 Å². The molecule has 0 fully saturated rings. The topological polar surface area (TPSA) is 67.3 Å². The van der Waals surface area contributed by atoms with E-state index in [2.05, 4.69) is 4.98 Å². The first-order chi connectivity index (χ1) is 6.73. The van der Waals surface area contributed by atoms with Crippen LogP contribution < -0.4 is 0 Å². The van der Waals surface area contributed by atoms with Crippen LogP contribution in [0, 0.1) is 3.70 Å². The highest BCUT2D eigenvalue weighted by atomic mass is 127. The summed E-state index contributed by atoms with van der Waals surface area (Å²) in [5, 5.41) is 8.26. The molecule has 1 aromatic heterocycles. The van der Waals surface area contributed by atoms with Gasteiger partial charge in [-0.1, -0.05) is 0 Å². The Balaban J connectivity index is 3.56. The lowest BCUT2D eigenvalue weighted by atomic mass is 10.2. The fraction of sp³-hybridized carbons (Fsp3) is 0.167. The molecular formula is C6H3ClF2INO3S. The van der Waals surface area contributed by atoms with Crippen molar-refractivity contribution in [3.05, 3.63) is 15.3 Å². The summed E-state index contributed by atoms with van der Waals surface area (Å²) in [7, 11) is 0.575. The molecule has 1 rings (SSSR count). The highest BCUT2D eigenvalue weighted by molar-refractivity contribution is 14.1. The maximum Gasteiger partial charge on any atom is 0.282 e. The van der Waals surface area contributed by atoms with E-state index in [4.69, 9.17) is 10.7 Å². The second-order valence-electron chi connectivity index (χ2n) is 2.43. The Morgan fingerprint density at radius 3 is 2.47 bits per heavy atom. The SMILES string of the molecule is O=S(=O)(Cl)c1nc(I)cc(C(F)F)c1O. The zero-order valence-electron chi connectivity index (χ0n) is 6.79. The normalized spacial score (nSPS) is 12.1. The lowest BCUT2D eigenvalue weighted by Gasteiger charge is -2.06. The second kappa shape index (κ2) is 4.34.